The second-order valence-electron chi connectivity index (χ2n) is 2.07. The Morgan fingerprint density at radius 2 is 2.20 bits per heavy atom. The molecule has 1 aromatic rings. The molecule has 0 saturated carbocycles. The van der Waals surface area contributed by atoms with Crippen molar-refractivity contribution in [2.75, 3.05) is 0 Å². The summed E-state index contributed by atoms with van der Waals surface area (Å²) in [5, 5.41) is 0. The summed E-state index contributed by atoms with van der Waals surface area (Å²) in [6.45, 7) is 1.95. The Hall–Kier alpha value is 0.0400. The van der Waals surface area contributed by atoms with Gasteiger partial charge in [0.15, 0.2) is 0 Å². The molecule has 1 rings (SSSR count). The molecule has 0 atom stereocenters. The van der Waals surface area contributed by atoms with E-state index in [0.717, 1.165) is 10.4 Å². The number of benzene rings is 1. The highest BCUT2D eigenvalue weighted by atomic mass is 127. The average Bonchev–Trinajstić information content (AvgIpc) is 1.88. The van der Waals surface area contributed by atoms with E-state index in [1.807, 2.05) is 19.1 Å². The molecule has 0 spiro atoms. The minimum atomic E-state index is 0.957. The Labute approximate surface area is 79.8 Å². The van der Waals surface area contributed by atoms with Crippen LogP contribution in [0.3, 0.4) is 0 Å². The first-order valence-corrected chi connectivity index (χ1v) is 4.45. The lowest BCUT2D eigenvalue weighted by molar-refractivity contribution is 1.60. The van der Waals surface area contributed by atoms with Crippen molar-refractivity contribution in [2.24, 2.45) is 0 Å². The van der Waals surface area contributed by atoms with Gasteiger partial charge < -0.3 is 0 Å². The summed E-state index contributed by atoms with van der Waals surface area (Å²) in [6.07, 6.45) is 0. The first-order chi connectivity index (χ1) is 4.70. The zero-order valence-corrected chi connectivity index (χ0v) is 8.57. The Morgan fingerprint density at radius 3 is 2.60 bits per heavy atom. The van der Waals surface area contributed by atoms with Crippen LogP contribution in [0.15, 0.2) is 24.3 Å². The zero-order chi connectivity index (χ0) is 7.56. The van der Waals surface area contributed by atoms with Crippen LogP contribution in [0, 0.1) is 3.57 Å². The van der Waals surface area contributed by atoms with E-state index in [1.165, 1.54) is 3.57 Å². The molecule has 0 fully saturated rings. The van der Waals surface area contributed by atoms with Crippen molar-refractivity contribution in [1.29, 1.82) is 0 Å². The number of halogens is 1. The highest BCUT2D eigenvalue weighted by molar-refractivity contribution is 14.1. The van der Waals surface area contributed by atoms with Crippen molar-refractivity contribution in [1.82, 2.24) is 0 Å². The lowest BCUT2D eigenvalue weighted by Gasteiger charge is -1.96. The van der Waals surface area contributed by atoms with Crippen LogP contribution in [0.5, 0.6) is 0 Å². The SMILES string of the molecule is CC(=S)c1cccc(I)c1. The molecule has 0 nitrogen and oxygen atoms in total. The van der Waals surface area contributed by atoms with Gasteiger partial charge in [0.2, 0.25) is 0 Å². The number of hydrogen-bond donors (Lipinski definition) is 0. The van der Waals surface area contributed by atoms with E-state index in [9.17, 15) is 0 Å². The fraction of sp³-hybridized carbons (Fsp3) is 0.125. The maximum absolute atomic E-state index is 5.02. The van der Waals surface area contributed by atoms with Gasteiger partial charge in [-0.15, -0.1) is 0 Å². The molecule has 0 radical (unpaired) electrons. The van der Waals surface area contributed by atoms with Gasteiger partial charge in [-0.1, -0.05) is 24.4 Å². The van der Waals surface area contributed by atoms with Gasteiger partial charge in [-0.05, 0) is 47.2 Å². The highest BCUT2D eigenvalue weighted by Gasteiger charge is 1.93. The fourth-order valence-electron chi connectivity index (χ4n) is 0.707. The minimum Gasteiger partial charge on any atom is -0.0846 e. The lowest BCUT2D eigenvalue weighted by atomic mass is 10.2. The van der Waals surface area contributed by atoms with Crippen LogP contribution >= 0.6 is 34.8 Å². The Balaban J connectivity index is 3.07. The summed E-state index contributed by atoms with van der Waals surface area (Å²) in [5.41, 5.74) is 1.15. The summed E-state index contributed by atoms with van der Waals surface area (Å²) in [5.74, 6) is 0. The van der Waals surface area contributed by atoms with Gasteiger partial charge in [0.25, 0.3) is 0 Å². The van der Waals surface area contributed by atoms with Gasteiger partial charge in [-0.3, -0.25) is 0 Å². The van der Waals surface area contributed by atoms with Gasteiger partial charge in [0.1, 0.15) is 0 Å². The van der Waals surface area contributed by atoms with Crippen molar-refractivity contribution in [2.45, 2.75) is 6.92 Å². The van der Waals surface area contributed by atoms with Crippen LogP contribution in [0.1, 0.15) is 12.5 Å². The van der Waals surface area contributed by atoms with Crippen molar-refractivity contribution in [3.8, 4) is 0 Å². The summed E-state index contributed by atoms with van der Waals surface area (Å²) in [7, 11) is 0. The maximum Gasteiger partial charge on any atom is 0.0193 e. The number of hydrogen-bond acceptors (Lipinski definition) is 1. The molecular weight excluding hydrogens is 255 g/mol. The van der Waals surface area contributed by atoms with Crippen LogP contribution < -0.4 is 0 Å². The second kappa shape index (κ2) is 3.44. The molecular formula is C8H7IS. The molecule has 1 aromatic carbocycles. The molecule has 2 heteroatoms. The third kappa shape index (κ3) is 2.02. The van der Waals surface area contributed by atoms with E-state index in [0.29, 0.717) is 0 Å². The highest BCUT2D eigenvalue weighted by Crippen LogP contribution is 2.08. The van der Waals surface area contributed by atoms with E-state index in [4.69, 9.17) is 12.2 Å². The Morgan fingerprint density at radius 1 is 1.50 bits per heavy atom. The molecule has 52 valence electrons. The summed E-state index contributed by atoms with van der Waals surface area (Å²) in [6, 6.07) is 8.20. The molecule has 0 N–H and O–H groups in total. The summed E-state index contributed by atoms with van der Waals surface area (Å²) < 4.78 is 1.24. The number of thiocarbonyl (C=S) groups is 1. The molecule has 0 bridgehead atoms. The molecule has 10 heavy (non-hydrogen) atoms. The van der Waals surface area contributed by atoms with E-state index < -0.39 is 0 Å². The van der Waals surface area contributed by atoms with Crippen molar-refractivity contribution < 1.29 is 0 Å². The van der Waals surface area contributed by atoms with Crippen LogP contribution in [0.4, 0.5) is 0 Å². The van der Waals surface area contributed by atoms with Crippen molar-refractivity contribution in [3.05, 3.63) is 33.4 Å². The predicted molar refractivity (Wildman–Crippen MR) is 56.5 cm³/mol. The third-order valence-electron chi connectivity index (χ3n) is 1.23. The normalized spacial score (nSPS) is 9.40. The largest absolute Gasteiger partial charge is 0.0846 e. The molecule has 0 heterocycles. The summed E-state index contributed by atoms with van der Waals surface area (Å²) >= 11 is 7.30. The monoisotopic (exact) mass is 262 g/mol. The first-order valence-electron chi connectivity index (χ1n) is 2.96. The van der Waals surface area contributed by atoms with E-state index in [2.05, 4.69) is 34.7 Å². The second-order valence-corrected chi connectivity index (χ2v) is 3.92. The van der Waals surface area contributed by atoms with E-state index in [1.54, 1.807) is 0 Å². The topological polar surface area (TPSA) is 0 Å². The smallest absolute Gasteiger partial charge is 0.0193 e. The quantitative estimate of drug-likeness (QED) is 0.426. The van der Waals surface area contributed by atoms with Gasteiger partial charge in [-0.25, -0.2) is 0 Å². The molecule has 0 saturated heterocycles. The van der Waals surface area contributed by atoms with Crippen molar-refractivity contribution in [3.63, 3.8) is 0 Å². The number of rotatable bonds is 1. The lowest BCUT2D eigenvalue weighted by Crippen LogP contribution is -1.88. The molecule has 0 aromatic heterocycles. The molecule has 0 aliphatic heterocycles. The van der Waals surface area contributed by atoms with Crippen LogP contribution in [-0.2, 0) is 0 Å². The Kier molecular flexibility index (Phi) is 2.80. The minimum absolute atomic E-state index is 0.957. The van der Waals surface area contributed by atoms with Gasteiger partial charge in [-0.2, -0.15) is 0 Å². The van der Waals surface area contributed by atoms with Crippen LogP contribution in [0.2, 0.25) is 0 Å². The maximum atomic E-state index is 5.02. The third-order valence-corrected chi connectivity index (χ3v) is 2.14. The zero-order valence-electron chi connectivity index (χ0n) is 5.60. The molecule has 0 unspecified atom stereocenters. The average molecular weight is 262 g/mol. The van der Waals surface area contributed by atoms with Crippen molar-refractivity contribution >= 4 is 39.7 Å². The fourth-order valence-corrected chi connectivity index (χ4v) is 1.38. The summed E-state index contributed by atoms with van der Waals surface area (Å²) in [4.78, 5) is 0.957. The van der Waals surface area contributed by atoms with Gasteiger partial charge in [0, 0.05) is 8.43 Å². The predicted octanol–water partition coefficient (Wildman–Crippen LogP) is 3.03. The van der Waals surface area contributed by atoms with Gasteiger partial charge in [0.05, 0.1) is 0 Å². The first kappa shape index (κ1) is 8.14. The molecule has 0 aliphatic carbocycles. The van der Waals surface area contributed by atoms with Gasteiger partial charge >= 0.3 is 0 Å². The standard InChI is InChI=1S/C8H7IS/c1-6(10)7-3-2-4-8(9)5-7/h2-5H,1H3. The van der Waals surface area contributed by atoms with Crippen LogP contribution in [0.25, 0.3) is 0 Å². The molecule has 0 amide bonds. The Bertz CT molecular complexity index is 255. The van der Waals surface area contributed by atoms with E-state index >= 15 is 0 Å². The van der Waals surface area contributed by atoms with Crippen LogP contribution in [-0.4, -0.2) is 4.86 Å². The van der Waals surface area contributed by atoms with E-state index in [-0.39, 0.29) is 0 Å². The molecule has 0 aliphatic rings.